The molecule has 0 radical (unpaired) electrons. The monoisotopic (exact) mass is 1100 g/mol. The van der Waals surface area contributed by atoms with Gasteiger partial charge in [-0.05, 0) is 106 Å². The van der Waals surface area contributed by atoms with E-state index in [0.29, 0.717) is 32.5 Å². The van der Waals surface area contributed by atoms with E-state index in [9.17, 15) is 35.7 Å². The molecule has 0 N–H and O–H groups in total. The second kappa shape index (κ2) is 27.1. The second-order valence-electron chi connectivity index (χ2n) is 24.4. The van der Waals surface area contributed by atoms with Crippen molar-refractivity contribution in [3.05, 3.63) is 60.3 Å². The Hall–Kier alpha value is -1.65. The van der Waals surface area contributed by atoms with Crippen LogP contribution in [0.1, 0.15) is 121 Å². The van der Waals surface area contributed by atoms with E-state index in [1.807, 2.05) is 52.9 Å². The minimum absolute atomic E-state index is 0.0150. The molecule has 2 rings (SSSR count). The lowest BCUT2D eigenvalue weighted by atomic mass is 9.91. The van der Waals surface area contributed by atoms with Gasteiger partial charge in [-0.1, -0.05) is 129 Å². The highest BCUT2D eigenvalue weighted by Crippen LogP contribution is 2.50. The van der Waals surface area contributed by atoms with Crippen LogP contribution in [0.15, 0.2) is 60.3 Å². The standard InChI is InChI=1S/C52H91F6O10PSi3/c1-38-27-29-61-42(32-38)25-26-46(68-72(17,18)50(10,11)12)45(66-47(59)35-69(60,62-36-51(53,54)55)63-37-52(56,57)58)24-20-23-44(67-71(15,16)49(7,8)9)34-40(3)31-39(2)33-43-22-19-21-41(65-43)28-30-64-70(13,14)48(4,5)6/h19-21,23,25-27,39,41-46H,3,22,24,28-37H2,1-2,4-18H3/t39-,41-,42+,43-,44?,45-,46?/m0/s1. The molecule has 2 aliphatic heterocycles. The zero-order chi connectivity index (χ0) is 55.4. The molecule has 0 aliphatic carbocycles. The van der Waals surface area contributed by atoms with Gasteiger partial charge in [0.1, 0.15) is 18.4 Å². The summed E-state index contributed by atoms with van der Waals surface area (Å²) in [6.07, 6.45) is 2.98. The van der Waals surface area contributed by atoms with E-state index >= 15 is 0 Å². The first kappa shape index (κ1) is 66.5. The Morgan fingerprint density at radius 2 is 1.40 bits per heavy atom. The van der Waals surface area contributed by atoms with Gasteiger partial charge >= 0.3 is 25.9 Å². The van der Waals surface area contributed by atoms with E-state index in [1.54, 1.807) is 18.2 Å². The second-order valence-corrected chi connectivity index (χ2v) is 40.7. The smallest absolute Gasteiger partial charge is 0.412 e. The molecule has 2 aliphatic rings. The van der Waals surface area contributed by atoms with Crippen molar-refractivity contribution in [1.82, 2.24) is 0 Å². The number of halogens is 6. The summed E-state index contributed by atoms with van der Waals surface area (Å²) in [5.41, 5.74) is 2.07. The summed E-state index contributed by atoms with van der Waals surface area (Å²) in [7, 11) is -12.4. The number of hydrogen-bond donors (Lipinski definition) is 0. The van der Waals surface area contributed by atoms with Gasteiger partial charge in [0.05, 0.1) is 31.0 Å². The lowest BCUT2D eigenvalue weighted by Crippen LogP contribution is -2.47. The Bertz CT molecular complexity index is 1870. The molecule has 0 aromatic carbocycles. The van der Waals surface area contributed by atoms with Gasteiger partial charge in [0.2, 0.25) is 0 Å². The van der Waals surface area contributed by atoms with Gasteiger partial charge in [0.25, 0.3) is 0 Å². The maximum Gasteiger partial charge on any atom is 0.412 e. The van der Waals surface area contributed by atoms with E-state index in [-0.39, 0.29) is 45.8 Å². The first-order chi connectivity index (χ1) is 32.5. The molecule has 72 heavy (non-hydrogen) atoms. The van der Waals surface area contributed by atoms with Crippen molar-refractivity contribution in [3.63, 3.8) is 0 Å². The fourth-order valence-electron chi connectivity index (χ4n) is 7.13. The molecule has 0 saturated heterocycles. The maximum absolute atomic E-state index is 13.8. The summed E-state index contributed by atoms with van der Waals surface area (Å²) in [4.78, 5) is 13.8. The average Bonchev–Trinajstić information content (AvgIpc) is 3.18. The molecular weight excluding hydrogens is 1010 g/mol. The van der Waals surface area contributed by atoms with Crippen LogP contribution < -0.4 is 0 Å². The van der Waals surface area contributed by atoms with Crippen LogP contribution in [-0.4, -0.2) is 112 Å². The van der Waals surface area contributed by atoms with Crippen LogP contribution in [0.3, 0.4) is 0 Å². The number of rotatable bonds is 27. The van der Waals surface area contributed by atoms with Gasteiger partial charge in [-0.2, -0.15) is 26.3 Å². The fraction of sp³-hybridized carbons (Fsp3) is 0.788. The zero-order valence-electron chi connectivity index (χ0n) is 46.6. The molecule has 0 amide bonds. The van der Waals surface area contributed by atoms with E-state index < -0.39 is 88.6 Å². The topological polar surface area (TPSA) is 108 Å². The summed E-state index contributed by atoms with van der Waals surface area (Å²) in [5, 5.41) is -0.389. The van der Waals surface area contributed by atoms with Crippen molar-refractivity contribution < 1.29 is 72.2 Å². The minimum Gasteiger partial charge on any atom is -0.458 e. The zero-order valence-corrected chi connectivity index (χ0v) is 50.5. The molecular formula is C52H91F6O10PSi3. The lowest BCUT2D eigenvalue weighted by molar-refractivity contribution is -0.167. The molecule has 0 fully saturated rings. The van der Waals surface area contributed by atoms with Crippen LogP contribution >= 0.6 is 7.60 Å². The Balaban J connectivity index is 2.50. The van der Waals surface area contributed by atoms with Gasteiger partial charge < -0.3 is 27.5 Å². The molecule has 0 bridgehead atoms. The van der Waals surface area contributed by atoms with Gasteiger partial charge in [0, 0.05) is 13.0 Å². The predicted octanol–water partition coefficient (Wildman–Crippen LogP) is 15.8. The van der Waals surface area contributed by atoms with Gasteiger partial charge in [-0.25, -0.2) is 0 Å². The molecule has 0 spiro atoms. The summed E-state index contributed by atoms with van der Waals surface area (Å²) in [6, 6.07) is 0. The van der Waals surface area contributed by atoms with Crippen LogP contribution in [-0.2, 0) is 45.9 Å². The Morgan fingerprint density at radius 1 is 0.847 bits per heavy atom. The summed E-state index contributed by atoms with van der Waals surface area (Å²) < 4.78 is 140. The fourth-order valence-corrected chi connectivity index (χ4v) is 12.1. The molecule has 418 valence electrons. The predicted molar refractivity (Wildman–Crippen MR) is 284 cm³/mol. The van der Waals surface area contributed by atoms with Crippen molar-refractivity contribution in [3.8, 4) is 0 Å². The van der Waals surface area contributed by atoms with Gasteiger partial charge in [-0.3, -0.25) is 18.4 Å². The Morgan fingerprint density at radius 3 is 1.93 bits per heavy atom. The number of carbonyl (C=O) groups excluding carboxylic acids is 1. The van der Waals surface area contributed by atoms with Crippen molar-refractivity contribution in [2.45, 2.75) is 224 Å². The molecule has 20 heteroatoms. The molecule has 7 atom stereocenters. The van der Waals surface area contributed by atoms with Crippen molar-refractivity contribution in [2.75, 3.05) is 32.6 Å². The van der Waals surface area contributed by atoms with Crippen LogP contribution in [0, 0.1) is 5.92 Å². The van der Waals surface area contributed by atoms with E-state index in [1.165, 1.54) is 0 Å². The number of carbonyl (C=O) groups is 1. The Labute approximate surface area is 432 Å². The average molecular weight is 1110 g/mol. The minimum atomic E-state index is -5.36. The summed E-state index contributed by atoms with van der Waals surface area (Å²) in [5.74, 6) is -1.16. The highest BCUT2D eigenvalue weighted by atomic mass is 31.2. The van der Waals surface area contributed by atoms with Crippen molar-refractivity contribution in [1.29, 1.82) is 0 Å². The van der Waals surface area contributed by atoms with Crippen LogP contribution in [0.2, 0.25) is 54.4 Å². The largest absolute Gasteiger partial charge is 0.458 e. The molecule has 2 heterocycles. The van der Waals surface area contributed by atoms with E-state index in [0.717, 1.165) is 30.4 Å². The van der Waals surface area contributed by atoms with Crippen LogP contribution in [0.4, 0.5) is 26.3 Å². The Kier molecular flexibility index (Phi) is 25.0. The number of ether oxygens (including phenoxy) is 3. The van der Waals surface area contributed by atoms with Crippen LogP contribution in [0.25, 0.3) is 0 Å². The molecule has 0 aromatic heterocycles. The molecule has 0 saturated carbocycles. The lowest BCUT2D eigenvalue weighted by Gasteiger charge is -2.40. The number of hydrogen-bond acceptors (Lipinski definition) is 10. The van der Waals surface area contributed by atoms with Gasteiger partial charge in [-0.15, -0.1) is 0 Å². The highest BCUT2D eigenvalue weighted by molar-refractivity contribution is 7.54. The van der Waals surface area contributed by atoms with Crippen molar-refractivity contribution in [2.24, 2.45) is 5.92 Å². The quantitative estimate of drug-likeness (QED) is 0.0259. The van der Waals surface area contributed by atoms with E-state index in [2.05, 4.69) is 102 Å². The maximum atomic E-state index is 13.8. The first-order valence-electron chi connectivity index (χ1n) is 25.3. The molecule has 2 unspecified atom stereocenters. The third-order valence-electron chi connectivity index (χ3n) is 14.4. The third-order valence-corrected chi connectivity index (χ3v) is 29.6. The molecule has 10 nitrogen and oxygen atoms in total. The first-order valence-corrected chi connectivity index (χ1v) is 35.8. The third kappa shape index (κ3) is 24.6. The number of alkyl halides is 6. The normalized spacial score (nSPS) is 21.2. The SMILES string of the molecule is C=C(CC(C=CC[C@H](OC(=O)CP(=O)(OCC(F)(F)F)OCC(F)(F)F)C(C=C[C@@H]1CC(C)=CCO1)O[Si](C)(C)C(C)(C)C)O[Si](C)(C)C(C)(C)C)C[C@H](C)C[C@@H]1CC=C[C@@H](CCO[Si](C)(C)C(C)(C)C)O1. The van der Waals surface area contributed by atoms with Crippen molar-refractivity contribution >= 4 is 38.5 Å². The summed E-state index contributed by atoms with van der Waals surface area (Å²) >= 11 is 0. The van der Waals surface area contributed by atoms with E-state index in [4.69, 9.17) is 27.5 Å². The van der Waals surface area contributed by atoms with Crippen LogP contribution in [0.5, 0.6) is 0 Å². The summed E-state index contributed by atoms with van der Waals surface area (Å²) in [6.45, 7) is 37.2. The van der Waals surface area contributed by atoms with Gasteiger partial charge in [0.15, 0.2) is 38.2 Å². The molecule has 0 aromatic rings. The number of esters is 1. The highest BCUT2D eigenvalue weighted by Gasteiger charge is 2.44.